The molecule has 2 N–H and O–H groups in total. The van der Waals surface area contributed by atoms with Gasteiger partial charge in [0, 0.05) is 11.4 Å². The van der Waals surface area contributed by atoms with Gasteiger partial charge in [-0.1, -0.05) is 0 Å². The van der Waals surface area contributed by atoms with Gasteiger partial charge in [-0.2, -0.15) is 0 Å². The molecule has 1 aliphatic heterocycles. The smallest absolute Gasteiger partial charge is 0.234 e. The highest BCUT2D eigenvalue weighted by molar-refractivity contribution is 7.10. The molecule has 0 spiro atoms. The minimum Gasteiger partial charge on any atom is -0.393 e. The molecule has 0 aliphatic carbocycles. The minimum absolute atomic E-state index is 0.0686. The molecule has 4 nitrogen and oxygen atoms in total. The number of nitrogens with one attached hydrogen (secondary N) is 1. The molecule has 0 saturated carbocycles. The first kappa shape index (κ1) is 14.5. The number of likely N-dealkylation sites (tertiary alicyclic amines) is 1. The Morgan fingerprint density at radius 1 is 1.68 bits per heavy atom. The van der Waals surface area contributed by atoms with Crippen LogP contribution in [0.25, 0.3) is 0 Å². The number of rotatable bonds is 5. The lowest BCUT2D eigenvalue weighted by atomic mass is 10.0. The van der Waals surface area contributed by atoms with Crippen molar-refractivity contribution < 1.29 is 9.90 Å². The van der Waals surface area contributed by atoms with Gasteiger partial charge in [0.05, 0.1) is 19.2 Å². The molecule has 2 unspecified atom stereocenters. The van der Waals surface area contributed by atoms with Crippen molar-refractivity contribution in [3.05, 3.63) is 21.9 Å². The molecule has 106 valence electrons. The van der Waals surface area contributed by atoms with Crippen molar-refractivity contribution >= 4 is 17.2 Å². The second-order valence-electron chi connectivity index (χ2n) is 5.33. The van der Waals surface area contributed by atoms with Crippen molar-refractivity contribution in [2.45, 2.75) is 32.9 Å². The molecule has 1 fully saturated rings. The van der Waals surface area contributed by atoms with Gasteiger partial charge in [0.2, 0.25) is 5.91 Å². The van der Waals surface area contributed by atoms with Crippen LogP contribution in [0.5, 0.6) is 0 Å². The predicted octanol–water partition coefficient (Wildman–Crippen LogP) is 1.38. The quantitative estimate of drug-likeness (QED) is 0.858. The number of hydrogen-bond acceptors (Lipinski definition) is 4. The Kier molecular flexibility index (Phi) is 4.96. The summed E-state index contributed by atoms with van der Waals surface area (Å²) in [6, 6.07) is 2.07. The van der Waals surface area contributed by atoms with Gasteiger partial charge in [0.1, 0.15) is 0 Å². The van der Waals surface area contributed by atoms with Crippen molar-refractivity contribution in [1.29, 1.82) is 0 Å². The lowest BCUT2D eigenvalue weighted by molar-refractivity contribution is -0.122. The van der Waals surface area contributed by atoms with Gasteiger partial charge in [-0.25, -0.2) is 0 Å². The molecule has 1 aromatic heterocycles. The van der Waals surface area contributed by atoms with Gasteiger partial charge in [0.15, 0.2) is 0 Å². The number of hydrogen-bond donors (Lipinski definition) is 2. The summed E-state index contributed by atoms with van der Waals surface area (Å²) in [5, 5.41) is 14.5. The molecular weight excluding hydrogens is 260 g/mol. The highest BCUT2D eigenvalue weighted by atomic mass is 32.1. The highest BCUT2D eigenvalue weighted by Crippen LogP contribution is 2.19. The normalized spacial score (nSPS) is 21.5. The zero-order valence-corrected chi connectivity index (χ0v) is 12.4. The molecule has 1 amide bonds. The van der Waals surface area contributed by atoms with Gasteiger partial charge in [-0.15, -0.1) is 11.3 Å². The second kappa shape index (κ2) is 6.50. The number of nitrogens with zero attached hydrogens (tertiary/aromatic N) is 1. The maximum atomic E-state index is 11.9. The molecule has 1 aromatic rings. The molecule has 19 heavy (non-hydrogen) atoms. The highest BCUT2D eigenvalue weighted by Gasteiger charge is 2.26. The fourth-order valence-electron chi connectivity index (χ4n) is 2.42. The van der Waals surface area contributed by atoms with Crippen LogP contribution in [0.1, 0.15) is 23.8 Å². The van der Waals surface area contributed by atoms with Crippen LogP contribution in [-0.4, -0.2) is 41.7 Å². The van der Waals surface area contributed by atoms with Crippen molar-refractivity contribution in [1.82, 2.24) is 10.2 Å². The van der Waals surface area contributed by atoms with Gasteiger partial charge >= 0.3 is 0 Å². The van der Waals surface area contributed by atoms with E-state index in [1.54, 1.807) is 11.3 Å². The van der Waals surface area contributed by atoms with Crippen LogP contribution >= 0.6 is 11.3 Å². The van der Waals surface area contributed by atoms with Crippen molar-refractivity contribution in [3.63, 3.8) is 0 Å². The van der Waals surface area contributed by atoms with Crippen LogP contribution < -0.4 is 5.32 Å². The first-order chi connectivity index (χ1) is 9.06. The van der Waals surface area contributed by atoms with Crippen LogP contribution in [0, 0.1) is 12.8 Å². The maximum Gasteiger partial charge on any atom is 0.234 e. The molecular formula is C14H22N2O2S. The third kappa shape index (κ3) is 4.03. The Hall–Kier alpha value is -0.910. The van der Waals surface area contributed by atoms with Crippen molar-refractivity contribution in [3.8, 4) is 0 Å². The minimum atomic E-state index is -0.276. The molecule has 0 aromatic carbocycles. The standard InChI is InChI=1S/C14H22N2O2S/c1-10-4-6-19-13(10)7-15-14(18)9-16-5-3-12(8-16)11(2)17/h4,6,11-12,17H,3,5,7-9H2,1-2H3,(H,15,18). The summed E-state index contributed by atoms with van der Waals surface area (Å²) in [5.41, 5.74) is 1.24. The Morgan fingerprint density at radius 3 is 3.05 bits per heavy atom. The zero-order valence-electron chi connectivity index (χ0n) is 11.6. The second-order valence-corrected chi connectivity index (χ2v) is 6.33. The van der Waals surface area contributed by atoms with Crippen LogP contribution in [0.2, 0.25) is 0 Å². The Bertz CT molecular complexity index is 431. The van der Waals surface area contributed by atoms with E-state index < -0.39 is 0 Å². The van der Waals surface area contributed by atoms with E-state index >= 15 is 0 Å². The molecule has 0 bridgehead atoms. The molecule has 1 aliphatic rings. The number of carbonyl (C=O) groups excluding carboxylic acids is 1. The number of amides is 1. The van der Waals surface area contributed by atoms with E-state index in [9.17, 15) is 9.90 Å². The lowest BCUT2D eigenvalue weighted by Crippen LogP contribution is -2.36. The van der Waals surface area contributed by atoms with Crippen molar-refractivity contribution in [2.24, 2.45) is 5.92 Å². The zero-order chi connectivity index (χ0) is 13.8. The van der Waals surface area contributed by atoms with E-state index in [1.807, 2.05) is 12.3 Å². The summed E-state index contributed by atoms with van der Waals surface area (Å²) in [6.07, 6.45) is 0.705. The maximum absolute atomic E-state index is 11.9. The SMILES string of the molecule is Cc1ccsc1CNC(=O)CN1CCC(C(C)O)C1. The number of thiophene rings is 1. The monoisotopic (exact) mass is 282 g/mol. The average molecular weight is 282 g/mol. The van der Waals surface area contributed by atoms with Gasteiger partial charge < -0.3 is 10.4 Å². The van der Waals surface area contributed by atoms with Crippen LogP contribution in [-0.2, 0) is 11.3 Å². The number of aryl methyl sites for hydroxylation is 1. The largest absolute Gasteiger partial charge is 0.393 e. The Labute approximate surface area is 118 Å². The van der Waals surface area contributed by atoms with Crippen LogP contribution in [0.3, 0.4) is 0 Å². The number of aliphatic hydroxyl groups excluding tert-OH is 1. The summed E-state index contributed by atoms with van der Waals surface area (Å²) in [7, 11) is 0. The van der Waals surface area contributed by atoms with E-state index in [1.165, 1.54) is 10.4 Å². The Morgan fingerprint density at radius 2 is 2.47 bits per heavy atom. The first-order valence-corrected chi connectivity index (χ1v) is 7.64. The Balaban J connectivity index is 1.72. The third-order valence-corrected chi connectivity index (χ3v) is 4.80. The van der Waals surface area contributed by atoms with E-state index in [2.05, 4.69) is 23.2 Å². The summed E-state index contributed by atoms with van der Waals surface area (Å²) in [5.74, 6) is 0.381. The molecule has 5 heteroatoms. The lowest BCUT2D eigenvalue weighted by Gasteiger charge is -2.16. The molecule has 2 rings (SSSR count). The van der Waals surface area contributed by atoms with Crippen LogP contribution in [0.4, 0.5) is 0 Å². The third-order valence-electron chi connectivity index (χ3n) is 3.77. The van der Waals surface area contributed by atoms with Gasteiger partial charge in [-0.05, 0) is 49.7 Å². The van der Waals surface area contributed by atoms with Gasteiger partial charge in [-0.3, -0.25) is 9.69 Å². The van der Waals surface area contributed by atoms with E-state index in [0.717, 1.165) is 19.5 Å². The van der Waals surface area contributed by atoms with Gasteiger partial charge in [0.25, 0.3) is 0 Å². The van der Waals surface area contributed by atoms with E-state index in [4.69, 9.17) is 0 Å². The summed E-state index contributed by atoms with van der Waals surface area (Å²) < 4.78 is 0. The summed E-state index contributed by atoms with van der Waals surface area (Å²) in [4.78, 5) is 15.2. The molecule has 2 heterocycles. The number of aliphatic hydroxyl groups is 1. The molecule has 1 saturated heterocycles. The predicted molar refractivity (Wildman–Crippen MR) is 77.1 cm³/mol. The van der Waals surface area contributed by atoms with E-state index in [-0.39, 0.29) is 12.0 Å². The number of carbonyl (C=O) groups is 1. The average Bonchev–Trinajstić information content (AvgIpc) is 2.96. The fraction of sp³-hybridized carbons (Fsp3) is 0.643. The summed E-state index contributed by atoms with van der Waals surface area (Å²) in [6.45, 7) is 6.67. The fourth-order valence-corrected chi connectivity index (χ4v) is 3.27. The molecule has 0 radical (unpaired) electrons. The van der Waals surface area contributed by atoms with Crippen molar-refractivity contribution in [2.75, 3.05) is 19.6 Å². The topological polar surface area (TPSA) is 52.6 Å². The first-order valence-electron chi connectivity index (χ1n) is 6.76. The molecule has 2 atom stereocenters. The summed E-state index contributed by atoms with van der Waals surface area (Å²) >= 11 is 1.68. The van der Waals surface area contributed by atoms with E-state index in [0.29, 0.717) is 19.0 Å². The van der Waals surface area contributed by atoms with Crippen LogP contribution in [0.15, 0.2) is 11.4 Å².